The molecule has 0 saturated carbocycles. The Hall–Kier alpha value is -2.59. The van der Waals surface area contributed by atoms with Gasteiger partial charge in [0.25, 0.3) is 11.8 Å². The highest BCUT2D eigenvalue weighted by atomic mass is 16.5. The fourth-order valence-corrected chi connectivity index (χ4v) is 2.75. The third kappa shape index (κ3) is 10.3. The average molecular weight is 425 g/mol. The van der Waals surface area contributed by atoms with Crippen molar-refractivity contribution in [1.82, 2.24) is 15.5 Å². The van der Waals surface area contributed by atoms with E-state index in [0.29, 0.717) is 45.4 Å². The molecule has 10 nitrogen and oxygen atoms in total. The van der Waals surface area contributed by atoms with Gasteiger partial charge in [0.1, 0.15) is 6.61 Å². The smallest absolute Gasteiger partial charge is 0.253 e. The van der Waals surface area contributed by atoms with Gasteiger partial charge in [0, 0.05) is 38.8 Å². The van der Waals surface area contributed by atoms with Gasteiger partial charge in [-0.1, -0.05) is 0 Å². The normalized spacial score (nSPS) is 14.1. The topological polar surface area (TPSA) is 131 Å². The first-order chi connectivity index (χ1) is 14.3. The second kappa shape index (κ2) is 14.4. The molecule has 30 heavy (non-hydrogen) atoms. The van der Waals surface area contributed by atoms with E-state index in [1.807, 2.05) is 0 Å². The van der Waals surface area contributed by atoms with Gasteiger partial charge in [-0.15, -0.1) is 0 Å². The largest absolute Gasteiger partial charge is 0.382 e. The Bertz CT molecular complexity index is 630. The summed E-state index contributed by atoms with van der Waals surface area (Å²) in [6.45, 7) is 2.79. The van der Waals surface area contributed by atoms with Crippen LogP contribution in [0.25, 0.3) is 0 Å². The van der Waals surface area contributed by atoms with Gasteiger partial charge in [0.2, 0.25) is 11.8 Å². The highest BCUT2D eigenvalue weighted by molar-refractivity contribution is 6.12. The quantitative estimate of drug-likeness (QED) is 0.257. The molecule has 0 bridgehead atoms. The molecule has 0 spiro atoms. The first-order valence-corrected chi connectivity index (χ1v) is 10.0. The molecule has 0 aliphatic carbocycles. The van der Waals surface area contributed by atoms with Gasteiger partial charge in [-0.25, -0.2) is 0 Å². The summed E-state index contributed by atoms with van der Waals surface area (Å²) in [4.78, 5) is 59.4. The van der Waals surface area contributed by atoms with Crippen LogP contribution in [0.4, 0.5) is 0 Å². The van der Waals surface area contributed by atoms with Crippen LogP contribution in [0.1, 0.15) is 39.0 Å². The number of amides is 4. The third-order valence-corrected chi connectivity index (χ3v) is 4.42. The number of methoxy groups -OCH3 is 1. The van der Waals surface area contributed by atoms with Crippen LogP contribution in [0.2, 0.25) is 0 Å². The summed E-state index contributed by atoms with van der Waals surface area (Å²) < 4.78 is 9.92. The molecule has 1 rings (SSSR count). The zero-order valence-electron chi connectivity index (χ0n) is 17.6. The zero-order chi connectivity index (χ0) is 22.4. The standard InChI is InChI=1S/C20H31N3O7/c1-15(24)16(6-3-4-10-21-18(26)14-30-13-12-29-2)22-17(25)7-5-11-23-19(27)8-9-20(23)28/h8-9,16H,3-7,10-14H2,1-2H3,(H,21,26)(H,22,25)/t16-/m0/s1. The number of carbonyl (C=O) groups is 5. The Morgan fingerprint density at radius 1 is 1.03 bits per heavy atom. The fraction of sp³-hybridized carbons (Fsp3) is 0.650. The molecule has 0 saturated heterocycles. The molecule has 1 aliphatic rings. The van der Waals surface area contributed by atoms with Gasteiger partial charge >= 0.3 is 0 Å². The first kappa shape index (κ1) is 25.4. The van der Waals surface area contributed by atoms with Crippen LogP contribution in [-0.2, 0) is 33.4 Å². The summed E-state index contributed by atoms with van der Waals surface area (Å²) in [5.74, 6) is -1.42. The van der Waals surface area contributed by atoms with Crippen LogP contribution >= 0.6 is 0 Å². The third-order valence-electron chi connectivity index (χ3n) is 4.42. The molecule has 0 fully saturated rings. The Morgan fingerprint density at radius 2 is 1.73 bits per heavy atom. The van der Waals surface area contributed by atoms with Gasteiger partial charge in [-0.2, -0.15) is 0 Å². The van der Waals surface area contributed by atoms with Gasteiger partial charge in [0.15, 0.2) is 5.78 Å². The maximum absolute atomic E-state index is 12.1. The summed E-state index contributed by atoms with van der Waals surface area (Å²) in [5, 5.41) is 5.42. The zero-order valence-corrected chi connectivity index (χ0v) is 17.6. The molecule has 168 valence electrons. The second-order valence-corrected chi connectivity index (χ2v) is 6.89. The van der Waals surface area contributed by atoms with Crippen molar-refractivity contribution in [2.45, 2.75) is 45.1 Å². The lowest BCUT2D eigenvalue weighted by molar-refractivity contribution is -0.137. The number of rotatable bonds is 16. The number of carbonyl (C=O) groups excluding carboxylic acids is 5. The Morgan fingerprint density at radius 3 is 2.37 bits per heavy atom. The van der Waals surface area contributed by atoms with Crippen molar-refractivity contribution in [3.05, 3.63) is 12.2 Å². The van der Waals surface area contributed by atoms with Crippen molar-refractivity contribution in [3.8, 4) is 0 Å². The molecule has 0 aromatic rings. The number of ether oxygens (including phenoxy) is 2. The van der Waals surface area contributed by atoms with Gasteiger partial charge in [-0.3, -0.25) is 28.9 Å². The SMILES string of the molecule is COCCOCC(=O)NCCCC[C@H](NC(=O)CCCN1C(=O)C=CC1=O)C(C)=O. The number of ketones is 1. The van der Waals surface area contributed by atoms with E-state index in [1.165, 1.54) is 19.1 Å². The number of imide groups is 1. The monoisotopic (exact) mass is 425 g/mol. The lowest BCUT2D eigenvalue weighted by Gasteiger charge is -2.17. The molecule has 10 heteroatoms. The van der Waals surface area contributed by atoms with Gasteiger partial charge in [-0.05, 0) is 32.6 Å². The van der Waals surface area contributed by atoms with E-state index in [4.69, 9.17) is 9.47 Å². The summed E-state index contributed by atoms with van der Waals surface area (Å²) in [6.07, 6.45) is 4.62. The van der Waals surface area contributed by atoms with Crippen molar-refractivity contribution >= 4 is 29.4 Å². The van der Waals surface area contributed by atoms with E-state index in [9.17, 15) is 24.0 Å². The van der Waals surface area contributed by atoms with Crippen molar-refractivity contribution < 1.29 is 33.4 Å². The first-order valence-electron chi connectivity index (χ1n) is 10.0. The van der Waals surface area contributed by atoms with Crippen LogP contribution in [0.3, 0.4) is 0 Å². The molecule has 1 atom stereocenters. The lowest BCUT2D eigenvalue weighted by Crippen LogP contribution is -2.40. The van der Waals surface area contributed by atoms with Crippen LogP contribution in [-0.4, -0.2) is 80.4 Å². The minimum Gasteiger partial charge on any atom is -0.382 e. The van der Waals surface area contributed by atoms with Crippen molar-refractivity contribution in [3.63, 3.8) is 0 Å². The minimum absolute atomic E-state index is 0.0276. The molecule has 1 aliphatic heterocycles. The summed E-state index contributed by atoms with van der Waals surface area (Å²) >= 11 is 0. The van der Waals surface area contributed by atoms with Crippen molar-refractivity contribution in [2.24, 2.45) is 0 Å². The maximum atomic E-state index is 12.1. The number of nitrogens with one attached hydrogen (secondary N) is 2. The number of hydrogen-bond donors (Lipinski definition) is 2. The Labute approximate surface area is 176 Å². The molecular weight excluding hydrogens is 394 g/mol. The molecule has 2 N–H and O–H groups in total. The molecule has 0 unspecified atom stereocenters. The van der Waals surface area contributed by atoms with E-state index < -0.39 is 6.04 Å². The molecular formula is C20H31N3O7. The van der Waals surface area contributed by atoms with Gasteiger partial charge in [0.05, 0.1) is 19.3 Å². The number of Topliss-reactive ketones (excluding diaryl/α,β-unsaturated/α-hetero) is 1. The maximum Gasteiger partial charge on any atom is 0.253 e. The highest BCUT2D eigenvalue weighted by Crippen LogP contribution is 2.07. The van der Waals surface area contributed by atoms with E-state index in [0.717, 1.165) is 4.90 Å². The summed E-state index contributed by atoms with van der Waals surface area (Å²) in [7, 11) is 1.55. The van der Waals surface area contributed by atoms with Crippen LogP contribution in [0.15, 0.2) is 12.2 Å². The van der Waals surface area contributed by atoms with Crippen LogP contribution in [0, 0.1) is 0 Å². The fourth-order valence-electron chi connectivity index (χ4n) is 2.75. The van der Waals surface area contributed by atoms with E-state index in [-0.39, 0.29) is 49.0 Å². The number of hydrogen-bond acceptors (Lipinski definition) is 7. The molecule has 0 aromatic heterocycles. The van der Waals surface area contributed by atoms with Crippen molar-refractivity contribution in [1.29, 1.82) is 0 Å². The minimum atomic E-state index is -0.595. The predicted molar refractivity (Wildman–Crippen MR) is 107 cm³/mol. The Balaban J connectivity index is 2.17. The average Bonchev–Trinajstić information content (AvgIpc) is 3.02. The summed E-state index contributed by atoms with van der Waals surface area (Å²) in [6, 6.07) is -0.595. The van der Waals surface area contributed by atoms with Gasteiger partial charge < -0.3 is 20.1 Å². The lowest BCUT2D eigenvalue weighted by atomic mass is 10.1. The summed E-state index contributed by atoms with van der Waals surface area (Å²) in [5.41, 5.74) is 0. The molecule has 0 aromatic carbocycles. The van der Waals surface area contributed by atoms with E-state index in [1.54, 1.807) is 7.11 Å². The van der Waals surface area contributed by atoms with E-state index in [2.05, 4.69) is 10.6 Å². The van der Waals surface area contributed by atoms with Crippen LogP contribution in [0.5, 0.6) is 0 Å². The number of unbranched alkanes of at least 4 members (excludes halogenated alkanes) is 1. The van der Waals surface area contributed by atoms with E-state index >= 15 is 0 Å². The predicted octanol–water partition coefficient (Wildman–Crippen LogP) is -0.285. The highest BCUT2D eigenvalue weighted by Gasteiger charge is 2.23. The van der Waals surface area contributed by atoms with Crippen LogP contribution < -0.4 is 10.6 Å². The molecule has 4 amide bonds. The second-order valence-electron chi connectivity index (χ2n) is 6.89. The molecule has 1 heterocycles. The molecule has 0 radical (unpaired) electrons. The van der Waals surface area contributed by atoms with Crippen molar-refractivity contribution in [2.75, 3.05) is 40.0 Å². The Kier molecular flexibility index (Phi) is 12.2. The number of nitrogens with zero attached hydrogens (tertiary/aromatic N) is 1.